The number of hydrogen-bond acceptors (Lipinski definition) is 5. The minimum atomic E-state index is -0.755. The third kappa shape index (κ3) is 3.31. The number of benzene rings is 1. The highest BCUT2D eigenvalue weighted by Crippen LogP contribution is 2.32. The van der Waals surface area contributed by atoms with Crippen LogP contribution in [0.25, 0.3) is 27.8 Å². The summed E-state index contributed by atoms with van der Waals surface area (Å²) in [5.74, 6) is -1.55. The number of aromatic nitrogens is 5. The smallest absolute Gasteiger partial charge is 0.277 e. The number of nitrogens with zero attached hydrogens (tertiary/aromatic N) is 5. The van der Waals surface area contributed by atoms with Crippen molar-refractivity contribution in [2.24, 2.45) is 7.05 Å². The molecule has 0 bridgehead atoms. The van der Waals surface area contributed by atoms with Crippen LogP contribution < -0.4 is 10.9 Å². The van der Waals surface area contributed by atoms with E-state index in [9.17, 15) is 14.0 Å². The fraction of sp³-hybridized carbons (Fsp3) is 0.200. The Hall–Kier alpha value is -4.38. The number of rotatable bonds is 4. The molecule has 5 heterocycles. The predicted molar refractivity (Wildman–Crippen MR) is 128 cm³/mol. The molecule has 0 unspecified atom stereocenters. The van der Waals surface area contributed by atoms with Crippen molar-refractivity contribution in [1.82, 2.24) is 34.4 Å². The van der Waals surface area contributed by atoms with E-state index in [0.717, 1.165) is 33.2 Å². The molecule has 4 aromatic heterocycles. The third-order valence-electron chi connectivity index (χ3n) is 6.73. The summed E-state index contributed by atoms with van der Waals surface area (Å²) in [6.45, 7) is 1.58. The molecule has 0 radical (unpaired) electrons. The van der Waals surface area contributed by atoms with Gasteiger partial charge in [-0.05, 0) is 29.8 Å². The van der Waals surface area contributed by atoms with Gasteiger partial charge in [-0.2, -0.15) is 5.10 Å². The monoisotopic (exact) mass is 489 g/mol. The fourth-order valence-electron chi connectivity index (χ4n) is 4.91. The standard InChI is InChI=1S/C25H21F2N7O2/c1-28-24(35)17-5-3-13(8-29-17)19-7-15-11-33(12-20(15)32(19)2)10-14-4-6-18-22(21(14)27)31-25(36)23-16(26)9-30-34(18)23/h3-9H,10-12H2,1-2H3,(H,28,35)(H,31,36). The van der Waals surface area contributed by atoms with Crippen molar-refractivity contribution < 1.29 is 13.6 Å². The van der Waals surface area contributed by atoms with Gasteiger partial charge in [0.25, 0.3) is 11.5 Å². The molecule has 6 rings (SSSR count). The molecule has 1 amide bonds. The quantitative estimate of drug-likeness (QED) is 0.405. The van der Waals surface area contributed by atoms with Crippen molar-refractivity contribution >= 4 is 22.5 Å². The number of carbonyl (C=O) groups is 1. The first kappa shape index (κ1) is 22.1. The molecule has 0 saturated carbocycles. The van der Waals surface area contributed by atoms with Crippen LogP contribution in [0.1, 0.15) is 27.3 Å². The molecule has 2 N–H and O–H groups in total. The molecule has 182 valence electrons. The van der Waals surface area contributed by atoms with Gasteiger partial charge in [-0.3, -0.25) is 19.5 Å². The van der Waals surface area contributed by atoms with Crippen LogP contribution in [0.15, 0.2) is 47.5 Å². The van der Waals surface area contributed by atoms with Crippen LogP contribution in [0, 0.1) is 11.6 Å². The van der Waals surface area contributed by atoms with Crippen LogP contribution in [0.4, 0.5) is 8.78 Å². The Morgan fingerprint density at radius 2 is 2.00 bits per heavy atom. The Balaban J connectivity index is 1.26. The molecule has 5 aromatic rings. The minimum absolute atomic E-state index is 0.000186. The first-order valence-corrected chi connectivity index (χ1v) is 11.3. The zero-order chi connectivity index (χ0) is 25.1. The summed E-state index contributed by atoms with van der Waals surface area (Å²) in [5.41, 5.74) is 4.23. The summed E-state index contributed by atoms with van der Waals surface area (Å²) in [7, 11) is 3.54. The summed E-state index contributed by atoms with van der Waals surface area (Å²) in [4.78, 5) is 32.9. The van der Waals surface area contributed by atoms with Gasteiger partial charge in [-0.25, -0.2) is 13.3 Å². The van der Waals surface area contributed by atoms with Crippen LogP contribution in [0.3, 0.4) is 0 Å². The minimum Gasteiger partial charge on any atom is -0.354 e. The summed E-state index contributed by atoms with van der Waals surface area (Å²) in [5, 5.41) is 6.44. The highest BCUT2D eigenvalue weighted by molar-refractivity contribution is 5.92. The molecule has 0 aliphatic carbocycles. The number of aromatic amines is 1. The number of carbonyl (C=O) groups excluding carboxylic acids is 1. The zero-order valence-corrected chi connectivity index (χ0v) is 19.5. The van der Waals surface area contributed by atoms with E-state index >= 15 is 4.39 Å². The van der Waals surface area contributed by atoms with Gasteiger partial charge in [0.05, 0.1) is 11.7 Å². The van der Waals surface area contributed by atoms with Gasteiger partial charge < -0.3 is 14.9 Å². The number of H-pyrrole nitrogens is 1. The molecule has 0 fully saturated rings. The Morgan fingerprint density at radius 3 is 2.72 bits per heavy atom. The second kappa shape index (κ2) is 8.09. The Morgan fingerprint density at radius 1 is 1.17 bits per heavy atom. The van der Waals surface area contributed by atoms with E-state index in [1.54, 1.807) is 31.4 Å². The second-order valence-electron chi connectivity index (χ2n) is 8.86. The first-order valence-electron chi connectivity index (χ1n) is 11.3. The van der Waals surface area contributed by atoms with Gasteiger partial charge in [-0.15, -0.1) is 0 Å². The topological polar surface area (TPSA) is 100 Å². The largest absolute Gasteiger partial charge is 0.354 e. The van der Waals surface area contributed by atoms with Crippen molar-refractivity contribution in [2.45, 2.75) is 19.6 Å². The fourth-order valence-corrected chi connectivity index (χ4v) is 4.91. The maximum absolute atomic E-state index is 15.4. The first-order chi connectivity index (χ1) is 17.4. The normalized spacial score (nSPS) is 13.6. The Bertz CT molecular complexity index is 1730. The molecule has 36 heavy (non-hydrogen) atoms. The van der Waals surface area contributed by atoms with Crippen LogP contribution in [-0.2, 0) is 26.7 Å². The molecule has 1 aromatic carbocycles. The Labute approximate surface area is 203 Å². The van der Waals surface area contributed by atoms with E-state index in [1.807, 2.05) is 13.1 Å². The maximum atomic E-state index is 15.4. The van der Waals surface area contributed by atoms with E-state index in [1.165, 1.54) is 0 Å². The number of pyridine rings is 1. The van der Waals surface area contributed by atoms with Crippen LogP contribution in [0.5, 0.6) is 0 Å². The lowest BCUT2D eigenvalue weighted by Crippen LogP contribution is -2.19. The Kier molecular flexibility index (Phi) is 4.97. The lowest BCUT2D eigenvalue weighted by Gasteiger charge is -2.17. The average Bonchev–Trinajstić information content (AvgIpc) is 3.55. The van der Waals surface area contributed by atoms with E-state index < -0.39 is 17.2 Å². The van der Waals surface area contributed by atoms with Gasteiger partial charge in [0, 0.05) is 62.4 Å². The number of nitrogens with one attached hydrogen (secondary N) is 2. The van der Waals surface area contributed by atoms with Gasteiger partial charge in [-0.1, -0.05) is 6.07 Å². The van der Waals surface area contributed by atoms with Gasteiger partial charge in [0.15, 0.2) is 17.2 Å². The van der Waals surface area contributed by atoms with E-state index in [0.29, 0.717) is 36.4 Å². The van der Waals surface area contributed by atoms with Crippen LogP contribution in [0.2, 0.25) is 0 Å². The highest BCUT2D eigenvalue weighted by atomic mass is 19.1. The SMILES string of the molecule is CNC(=O)c1ccc(-c2cc3c(n2C)CN(Cc2ccc4c([nH]c(=O)c5c(F)cnn54)c2F)C3)cn1. The number of halogens is 2. The molecule has 9 nitrogen and oxygen atoms in total. The summed E-state index contributed by atoms with van der Waals surface area (Å²) >= 11 is 0. The molecule has 0 saturated heterocycles. The zero-order valence-electron chi connectivity index (χ0n) is 19.5. The molecule has 11 heteroatoms. The number of amides is 1. The lowest BCUT2D eigenvalue weighted by atomic mass is 10.1. The average molecular weight is 489 g/mol. The third-order valence-corrected chi connectivity index (χ3v) is 6.73. The maximum Gasteiger partial charge on any atom is 0.277 e. The van der Waals surface area contributed by atoms with Crippen LogP contribution in [-0.4, -0.2) is 42.0 Å². The molecule has 1 aliphatic heterocycles. The predicted octanol–water partition coefficient (Wildman–Crippen LogP) is 2.73. The van der Waals surface area contributed by atoms with Crippen LogP contribution >= 0.6 is 0 Å². The van der Waals surface area contributed by atoms with Gasteiger partial charge in [0.1, 0.15) is 11.2 Å². The van der Waals surface area contributed by atoms with E-state index in [-0.39, 0.29) is 16.9 Å². The number of fused-ring (bicyclic) bond motifs is 4. The van der Waals surface area contributed by atoms with E-state index in [4.69, 9.17) is 0 Å². The van der Waals surface area contributed by atoms with Crippen molar-refractivity contribution in [3.63, 3.8) is 0 Å². The molecular formula is C25H21F2N7O2. The lowest BCUT2D eigenvalue weighted by molar-refractivity contribution is 0.0958. The highest BCUT2D eigenvalue weighted by Gasteiger charge is 2.26. The molecule has 0 atom stereocenters. The second-order valence-corrected chi connectivity index (χ2v) is 8.86. The summed E-state index contributed by atoms with van der Waals surface area (Å²) in [6, 6.07) is 8.93. The van der Waals surface area contributed by atoms with Gasteiger partial charge in [0.2, 0.25) is 0 Å². The molecule has 1 aliphatic rings. The summed E-state index contributed by atoms with van der Waals surface area (Å²) < 4.78 is 32.5. The van der Waals surface area contributed by atoms with Crippen molar-refractivity contribution in [3.8, 4) is 11.3 Å². The summed E-state index contributed by atoms with van der Waals surface area (Å²) in [6.07, 6.45) is 2.62. The van der Waals surface area contributed by atoms with Gasteiger partial charge >= 0.3 is 0 Å². The van der Waals surface area contributed by atoms with Crippen molar-refractivity contribution in [3.05, 3.63) is 87.2 Å². The molecule has 0 spiro atoms. The van der Waals surface area contributed by atoms with E-state index in [2.05, 4.69) is 35.9 Å². The molecular weight excluding hydrogens is 468 g/mol. The number of hydrogen-bond donors (Lipinski definition) is 2. The van der Waals surface area contributed by atoms with Crippen molar-refractivity contribution in [1.29, 1.82) is 0 Å². The van der Waals surface area contributed by atoms with Crippen molar-refractivity contribution in [2.75, 3.05) is 7.05 Å².